The number of rotatable bonds is 4. The van der Waals surface area contributed by atoms with Gasteiger partial charge in [-0.3, -0.25) is 4.79 Å². The number of amides is 1. The topological polar surface area (TPSA) is 69.3 Å². The first-order valence-corrected chi connectivity index (χ1v) is 8.30. The molecule has 0 radical (unpaired) electrons. The van der Waals surface area contributed by atoms with Crippen LogP contribution in [0.4, 0.5) is 5.82 Å². The normalized spacial score (nSPS) is 16.1. The van der Waals surface area contributed by atoms with Gasteiger partial charge < -0.3 is 14.5 Å². The van der Waals surface area contributed by atoms with E-state index in [1.807, 2.05) is 43.3 Å². The summed E-state index contributed by atoms with van der Waals surface area (Å²) < 4.78 is 12.9. The van der Waals surface area contributed by atoms with E-state index in [2.05, 4.69) is 10.4 Å². The van der Waals surface area contributed by atoms with Crippen LogP contribution in [0.1, 0.15) is 29.4 Å². The summed E-state index contributed by atoms with van der Waals surface area (Å²) in [5.74, 6) is 2.82. The molecule has 0 saturated carbocycles. The molecule has 2 aromatic heterocycles. The number of hydrogen-bond donors (Lipinski definition) is 1. The molecule has 1 atom stereocenters. The summed E-state index contributed by atoms with van der Waals surface area (Å²) in [4.78, 5) is 12.8. The molecule has 128 valence electrons. The SMILES string of the molecule is Cc1ccc(Cn2nccc2NC(=O)[C@H]2CCOc3ccccc32)o1. The van der Waals surface area contributed by atoms with Crippen LogP contribution in [0.2, 0.25) is 0 Å². The summed E-state index contributed by atoms with van der Waals surface area (Å²) >= 11 is 0. The fraction of sp³-hybridized carbons (Fsp3) is 0.263. The van der Waals surface area contributed by atoms with Crippen LogP contribution < -0.4 is 10.1 Å². The van der Waals surface area contributed by atoms with Gasteiger partial charge in [0.2, 0.25) is 5.91 Å². The minimum Gasteiger partial charge on any atom is -0.493 e. The van der Waals surface area contributed by atoms with E-state index >= 15 is 0 Å². The monoisotopic (exact) mass is 337 g/mol. The first-order chi connectivity index (χ1) is 12.2. The Morgan fingerprint density at radius 3 is 3.00 bits per heavy atom. The summed E-state index contributed by atoms with van der Waals surface area (Å²) in [7, 11) is 0. The number of hydrogen-bond acceptors (Lipinski definition) is 4. The second-order valence-corrected chi connectivity index (χ2v) is 6.10. The molecule has 1 aliphatic rings. The number of ether oxygens (including phenoxy) is 1. The summed E-state index contributed by atoms with van der Waals surface area (Å²) in [5.41, 5.74) is 0.930. The second kappa shape index (κ2) is 6.47. The fourth-order valence-electron chi connectivity index (χ4n) is 3.11. The smallest absolute Gasteiger partial charge is 0.233 e. The van der Waals surface area contributed by atoms with Crippen LogP contribution in [0.25, 0.3) is 0 Å². The molecule has 0 bridgehead atoms. The molecule has 1 aliphatic heterocycles. The van der Waals surface area contributed by atoms with E-state index in [1.54, 1.807) is 16.9 Å². The molecule has 6 heteroatoms. The number of aromatic nitrogens is 2. The molecule has 0 saturated heterocycles. The second-order valence-electron chi connectivity index (χ2n) is 6.10. The molecular weight excluding hydrogens is 318 g/mol. The van der Waals surface area contributed by atoms with Crippen molar-refractivity contribution in [3.05, 3.63) is 65.7 Å². The Balaban J connectivity index is 1.52. The van der Waals surface area contributed by atoms with E-state index in [0.717, 1.165) is 22.8 Å². The number of carbonyl (C=O) groups excluding carboxylic acids is 1. The van der Waals surface area contributed by atoms with Gasteiger partial charge in [0, 0.05) is 11.6 Å². The lowest BCUT2D eigenvalue weighted by Gasteiger charge is -2.25. The Morgan fingerprint density at radius 2 is 2.16 bits per heavy atom. The summed E-state index contributed by atoms with van der Waals surface area (Å²) in [5, 5.41) is 7.27. The Morgan fingerprint density at radius 1 is 1.28 bits per heavy atom. The Kier molecular flexibility index (Phi) is 4.01. The molecule has 0 unspecified atom stereocenters. The predicted molar refractivity (Wildman–Crippen MR) is 92.7 cm³/mol. The van der Waals surface area contributed by atoms with Crippen LogP contribution in [0.15, 0.2) is 53.1 Å². The zero-order valence-corrected chi connectivity index (χ0v) is 13.9. The molecule has 25 heavy (non-hydrogen) atoms. The van der Waals surface area contributed by atoms with Crippen LogP contribution in [-0.4, -0.2) is 22.3 Å². The van der Waals surface area contributed by atoms with E-state index < -0.39 is 0 Å². The Hall–Kier alpha value is -3.02. The average molecular weight is 337 g/mol. The fourth-order valence-corrected chi connectivity index (χ4v) is 3.11. The number of anilines is 1. The molecule has 0 aliphatic carbocycles. The Labute approximate surface area is 145 Å². The van der Waals surface area contributed by atoms with Gasteiger partial charge in [-0.15, -0.1) is 0 Å². The number of furan rings is 1. The van der Waals surface area contributed by atoms with Gasteiger partial charge in [-0.05, 0) is 31.5 Å². The first kappa shape index (κ1) is 15.5. The van der Waals surface area contributed by atoms with Gasteiger partial charge in [-0.25, -0.2) is 4.68 Å². The number of nitrogens with one attached hydrogen (secondary N) is 1. The van der Waals surface area contributed by atoms with Crippen LogP contribution in [0, 0.1) is 6.92 Å². The predicted octanol–water partition coefficient (Wildman–Crippen LogP) is 3.34. The largest absolute Gasteiger partial charge is 0.493 e. The molecule has 4 rings (SSSR count). The van der Waals surface area contributed by atoms with Crippen molar-refractivity contribution < 1.29 is 13.9 Å². The molecule has 1 aromatic carbocycles. The first-order valence-electron chi connectivity index (χ1n) is 8.30. The number of benzene rings is 1. The third-order valence-corrected chi connectivity index (χ3v) is 4.34. The molecular formula is C19H19N3O3. The van der Waals surface area contributed by atoms with Crippen LogP contribution in [0.5, 0.6) is 5.75 Å². The van der Waals surface area contributed by atoms with E-state index in [4.69, 9.17) is 9.15 Å². The molecule has 0 fully saturated rings. The maximum atomic E-state index is 12.8. The number of nitrogens with zero attached hydrogens (tertiary/aromatic N) is 2. The van der Waals surface area contributed by atoms with Crippen molar-refractivity contribution in [2.45, 2.75) is 25.8 Å². The maximum Gasteiger partial charge on any atom is 0.233 e. The highest BCUT2D eigenvalue weighted by molar-refractivity contribution is 5.95. The van der Waals surface area contributed by atoms with Crippen molar-refractivity contribution in [1.29, 1.82) is 0 Å². The number of para-hydroxylation sites is 1. The third kappa shape index (κ3) is 3.15. The van der Waals surface area contributed by atoms with Crippen molar-refractivity contribution in [3.63, 3.8) is 0 Å². The summed E-state index contributed by atoms with van der Waals surface area (Å²) in [6, 6.07) is 13.3. The lowest BCUT2D eigenvalue weighted by molar-refractivity contribution is -0.118. The lowest BCUT2D eigenvalue weighted by atomic mass is 9.92. The van der Waals surface area contributed by atoms with E-state index in [9.17, 15) is 4.79 Å². The van der Waals surface area contributed by atoms with Crippen LogP contribution in [-0.2, 0) is 11.3 Å². The van der Waals surface area contributed by atoms with Crippen molar-refractivity contribution in [2.75, 3.05) is 11.9 Å². The molecule has 3 aromatic rings. The zero-order valence-electron chi connectivity index (χ0n) is 13.9. The molecule has 1 N–H and O–H groups in total. The molecule has 0 spiro atoms. The van der Waals surface area contributed by atoms with E-state index in [-0.39, 0.29) is 11.8 Å². The van der Waals surface area contributed by atoms with Crippen LogP contribution in [0.3, 0.4) is 0 Å². The summed E-state index contributed by atoms with van der Waals surface area (Å²) in [6.45, 7) is 2.92. The molecule has 3 heterocycles. The zero-order chi connectivity index (χ0) is 17.2. The highest BCUT2D eigenvalue weighted by Gasteiger charge is 2.28. The van der Waals surface area contributed by atoms with Crippen molar-refractivity contribution >= 4 is 11.7 Å². The summed E-state index contributed by atoms with van der Waals surface area (Å²) in [6.07, 6.45) is 2.33. The van der Waals surface area contributed by atoms with Gasteiger partial charge in [0.25, 0.3) is 0 Å². The highest BCUT2D eigenvalue weighted by Crippen LogP contribution is 2.34. The number of fused-ring (bicyclic) bond motifs is 1. The van der Waals surface area contributed by atoms with Gasteiger partial charge in [0.05, 0.1) is 18.7 Å². The van der Waals surface area contributed by atoms with Gasteiger partial charge in [-0.2, -0.15) is 5.10 Å². The van der Waals surface area contributed by atoms with Gasteiger partial charge >= 0.3 is 0 Å². The standard InChI is InChI=1S/C19H19N3O3/c1-13-6-7-14(25-13)12-22-18(8-10-20-22)21-19(23)16-9-11-24-17-5-3-2-4-15(16)17/h2-8,10,16H,9,11-12H2,1H3,(H,21,23)/t16-/m0/s1. The number of carbonyl (C=O) groups is 1. The Bertz CT molecular complexity index is 897. The lowest BCUT2D eigenvalue weighted by Crippen LogP contribution is -2.27. The van der Waals surface area contributed by atoms with Crippen LogP contribution >= 0.6 is 0 Å². The minimum atomic E-state index is -0.223. The molecule has 1 amide bonds. The van der Waals surface area contributed by atoms with Crippen molar-refractivity contribution in [2.24, 2.45) is 0 Å². The quantitative estimate of drug-likeness (QED) is 0.793. The highest BCUT2D eigenvalue weighted by atomic mass is 16.5. The van der Waals surface area contributed by atoms with E-state index in [1.165, 1.54) is 0 Å². The van der Waals surface area contributed by atoms with E-state index in [0.29, 0.717) is 25.4 Å². The minimum absolute atomic E-state index is 0.0480. The third-order valence-electron chi connectivity index (χ3n) is 4.34. The maximum absolute atomic E-state index is 12.8. The van der Waals surface area contributed by atoms with Gasteiger partial charge in [0.1, 0.15) is 29.6 Å². The number of aryl methyl sites for hydroxylation is 1. The van der Waals surface area contributed by atoms with Crippen molar-refractivity contribution in [1.82, 2.24) is 9.78 Å². The molecule has 6 nitrogen and oxygen atoms in total. The average Bonchev–Trinajstić information content (AvgIpc) is 3.23. The van der Waals surface area contributed by atoms with Crippen molar-refractivity contribution in [3.8, 4) is 5.75 Å². The van der Waals surface area contributed by atoms with Gasteiger partial charge in [0.15, 0.2) is 0 Å². The van der Waals surface area contributed by atoms with Gasteiger partial charge in [-0.1, -0.05) is 18.2 Å².